The number of rotatable bonds is 8. The van der Waals surface area contributed by atoms with E-state index in [0.29, 0.717) is 17.1 Å². The molecule has 1 aliphatic rings. The summed E-state index contributed by atoms with van der Waals surface area (Å²) in [6.45, 7) is 6.49. The van der Waals surface area contributed by atoms with Crippen LogP contribution in [0.15, 0.2) is 63.9 Å². The van der Waals surface area contributed by atoms with Crippen LogP contribution in [0.1, 0.15) is 47.0 Å². The van der Waals surface area contributed by atoms with Gasteiger partial charge in [0.15, 0.2) is 0 Å². The second-order valence-corrected chi connectivity index (χ2v) is 9.46. The van der Waals surface area contributed by atoms with Crippen LogP contribution in [0.25, 0.3) is 17.4 Å². The second kappa shape index (κ2) is 10.2. The molecule has 0 atom stereocenters. The summed E-state index contributed by atoms with van der Waals surface area (Å²) in [6.07, 6.45) is 1.52. The van der Waals surface area contributed by atoms with Gasteiger partial charge in [0.2, 0.25) is 0 Å². The first-order valence-corrected chi connectivity index (χ1v) is 12.0. The van der Waals surface area contributed by atoms with E-state index in [1.54, 1.807) is 24.3 Å². The highest BCUT2D eigenvalue weighted by atomic mass is 32.2. The van der Waals surface area contributed by atoms with Crippen LogP contribution < -0.4 is 4.74 Å². The van der Waals surface area contributed by atoms with E-state index in [2.05, 4.69) is 13.8 Å². The lowest BCUT2D eigenvalue weighted by Gasteiger charge is -2.17. The number of carbonyl (C=O) groups is 3. The largest absolute Gasteiger partial charge is 0.491 e. The minimum Gasteiger partial charge on any atom is -0.491 e. The summed E-state index contributed by atoms with van der Waals surface area (Å²) in [5.74, 6) is 0.477. The van der Waals surface area contributed by atoms with Gasteiger partial charge < -0.3 is 14.3 Å². The Morgan fingerprint density at radius 3 is 2.69 bits per heavy atom. The average Bonchev–Trinajstić information content (AvgIpc) is 3.39. The quantitative estimate of drug-likeness (QED) is 0.375. The van der Waals surface area contributed by atoms with Crippen molar-refractivity contribution in [1.82, 2.24) is 4.90 Å². The Labute approximate surface area is 207 Å². The summed E-state index contributed by atoms with van der Waals surface area (Å²) in [5.41, 5.74) is 2.90. The number of imide groups is 1. The minimum absolute atomic E-state index is 0.138. The van der Waals surface area contributed by atoms with Crippen molar-refractivity contribution < 1.29 is 28.6 Å². The lowest BCUT2D eigenvalue weighted by molar-refractivity contribution is -0.123. The van der Waals surface area contributed by atoms with Crippen LogP contribution in [0.3, 0.4) is 0 Å². The molecular formula is C27H25NO6S. The molecule has 7 nitrogen and oxygen atoms in total. The fourth-order valence-electron chi connectivity index (χ4n) is 3.70. The molecule has 1 aliphatic heterocycles. The van der Waals surface area contributed by atoms with Crippen molar-refractivity contribution in [1.29, 1.82) is 0 Å². The molecule has 0 radical (unpaired) electrons. The summed E-state index contributed by atoms with van der Waals surface area (Å²) < 4.78 is 11.7. The molecule has 3 aromatic rings. The van der Waals surface area contributed by atoms with E-state index in [1.165, 1.54) is 23.1 Å². The number of carboxylic acids is 1. The Kier molecular flexibility index (Phi) is 7.12. The number of hydrogen-bond donors (Lipinski definition) is 1. The molecule has 0 aliphatic carbocycles. The fourth-order valence-corrected chi connectivity index (χ4v) is 4.55. The van der Waals surface area contributed by atoms with Crippen LogP contribution >= 0.6 is 11.8 Å². The van der Waals surface area contributed by atoms with E-state index in [-0.39, 0.29) is 34.8 Å². The third-order valence-electron chi connectivity index (χ3n) is 5.53. The zero-order valence-electron chi connectivity index (χ0n) is 19.6. The first-order valence-electron chi connectivity index (χ1n) is 11.1. The summed E-state index contributed by atoms with van der Waals surface area (Å²) in [4.78, 5) is 37.9. The summed E-state index contributed by atoms with van der Waals surface area (Å²) in [7, 11) is 0. The molecule has 35 heavy (non-hydrogen) atoms. The maximum atomic E-state index is 12.8. The smallest absolute Gasteiger partial charge is 0.335 e. The monoisotopic (exact) mass is 491 g/mol. The van der Waals surface area contributed by atoms with Crippen LogP contribution in [-0.2, 0) is 4.79 Å². The van der Waals surface area contributed by atoms with E-state index < -0.39 is 11.9 Å². The van der Waals surface area contributed by atoms with Crippen LogP contribution in [-0.4, -0.2) is 40.3 Å². The summed E-state index contributed by atoms with van der Waals surface area (Å²) >= 11 is 0.850. The van der Waals surface area contributed by atoms with Crippen molar-refractivity contribution in [3.8, 4) is 17.1 Å². The van der Waals surface area contributed by atoms with Gasteiger partial charge in [0.1, 0.15) is 23.9 Å². The van der Waals surface area contributed by atoms with Gasteiger partial charge in [-0.05, 0) is 66.1 Å². The molecule has 0 unspecified atom stereocenters. The molecule has 180 valence electrons. The zero-order chi connectivity index (χ0) is 25.1. The molecule has 1 saturated heterocycles. The highest BCUT2D eigenvalue weighted by molar-refractivity contribution is 8.18. The number of amides is 2. The Morgan fingerprint density at radius 1 is 1.14 bits per heavy atom. The van der Waals surface area contributed by atoms with Crippen LogP contribution in [0.2, 0.25) is 0 Å². The number of aryl methyl sites for hydroxylation is 1. The standard InChI is InChI=1S/C27H25NO6S/c1-16(2)21-9-7-17(3)13-23(21)33-12-11-28-25(29)24(35-27(28)32)15-20-8-10-22(34-20)18-5-4-6-19(14-18)26(30)31/h4-10,13-16H,11-12H2,1-3H3,(H,30,31)/b24-15-. The van der Waals surface area contributed by atoms with Crippen LogP contribution in [0.4, 0.5) is 4.79 Å². The minimum atomic E-state index is -1.03. The van der Waals surface area contributed by atoms with Crippen LogP contribution in [0.5, 0.6) is 5.75 Å². The number of benzene rings is 2. The molecular weight excluding hydrogens is 466 g/mol. The van der Waals surface area contributed by atoms with Gasteiger partial charge in [0, 0.05) is 11.6 Å². The van der Waals surface area contributed by atoms with E-state index in [1.807, 2.05) is 25.1 Å². The van der Waals surface area contributed by atoms with Crippen LogP contribution in [0, 0.1) is 6.92 Å². The zero-order valence-corrected chi connectivity index (χ0v) is 20.4. The number of nitrogens with zero attached hydrogens (tertiary/aromatic N) is 1. The summed E-state index contributed by atoms with van der Waals surface area (Å²) in [6, 6.07) is 15.8. The Balaban J connectivity index is 1.43. The molecule has 2 heterocycles. The maximum Gasteiger partial charge on any atom is 0.335 e. The molecule has 1 aromatic heterocycles. The van der Waals surface area contributed by atoms with Crippen molar-refractivity contribution >= 4 is 35.0 Å². The first kappa shape index (κ1) is 24.3. The van der Waals surface area contributed by atoms with Gasteiger partial charge in [0.25, 0.3) is 11.1 Å². The lowest BCUT2D eigenvalue weighted by atomic mass is 10.0. The number of ether oxygens (including phenoxy) is 1. The van der Waals surface area contributed by atoms with E-state index in [0.717, 1.165) is 28.6 Å². The number of furan rings is 1. The van der Waals surface area contributed by atoms with Crippen molar-refractivity contribution in [3.05, 3.63) is 82.0 Å². The first-order chi connectivity index (χ1) is 16.7. The molecule has 0 saturated carbocycles. The predicted molar refractivity (Wildman–Crippen MR) is 135 cm³/mol. The van der Waals surface area contributed by atoms with Gasteiger partial charge in [-0.25, -0.2) is 4.79 Å². The molecule has 0 bridgehead atoms. The Bertz CT molecular complexity index is 1320. The molecule has 1 N–H and O–H groups in total. The molecule has 2 amide bonds. The maximum absolute atomic E-state index is 12.8. The normalized spacial score (nSPS) is 14.9. The van der Waals surface area contributed by atoms with E-state index >= 15 is 0 Å². The predicted octanol–water partition coefficient (Wildman–Crippen LogP) is 6.19. The lowest BCUT2D eigenvalue weighted by Crippen LogP contribution is -2.32. The van der Waals surface area contributed by atoms with Gasteiger partial charge in [-0.2, -0.15) is 0 Å². The highest BCUT2D eigenvalue weighted by Crippen LogP contribution is 2.34. The number of aromatic carboxylic acids is 1. The van der Waals surface area contributed by atoms with E-state index in [4.69, 9.17) is 9.15 Å². The molecule has 2 aromatic carbocycles. The number of carboxylic acid groups (broad SMARTS) is 1. The van der Waals surface area contributed by atoms with Gasteiger partial charge >= 0.3 is 5.97 Å². The topological polar surface area (TPSA) is 97.1 Å². The van der Waals surface area contributed by atoms with Crippen molar-refractivity contribution in [3.63, 3.8) is 0 Å². The number of thioether (sulfide) groups is 1. The Morgan fingerprint density at radius 2 is 1.94 bits per heavy atom. The summed E-state index contributed by atoms with van der Waals surface area (Å²) in [5, 5.41) is 8.82. The van der Waals surface area contributed by atoms with Gasteiger partial charge in [-0.15, -0.1) is 0 Å². The third-order valence-corrected chi connectivity index (χ3v) is 6.44. The van der Waals surface area contributed by atoms with Gasteiger partial charge in [-0.1, -0.05) is 38.1 Å². The molecule has 4 rings (SSSR count). The van der Waals surface area contributed by atoms with Crippen molar-refractivity contribution in [2.24, 2.45) is 0 Å². The number of carbonyl (C=O) groups excluding carboxylic acids is 2. The molecule has 8 heteroatoms. The highest BCUT2D eigenvalue weighted by Gasteiger charge is 2.35. The van der Waals surface area contributed by atoms with Crippen molar-refractivity contribution in [2.75, 3.05) is 13.2 Å². The Hall–Kier alpha value is -3.78. The third kappa shape index (κ3) is 5.49. The van der Waals surface area contributed by atoms with Gasteiger partial charge in [0.05, 0.1) is 17.0 Å². The van der Waals surface area contributed by atoms with E-state index in [9.17, 15) is 19.5 Å². The van der Waals surface area contributed by atoms with Crippen molar-refractivity contribution in [2.45, 2.75) is 26.7 Å². The molecule has 0 spiro atoms. The fraction of sp³-hybridized carbons (Fsp3) is 0.222. The van der Waals surface area contributed by atoms with Gasteiger partial charge in [-0.3, -0.25) is 14.5 Å². The number of hydrogen-bond acceptors (Lipinski definition) is 6. The SMILES string of the molecule is Cc1ccc(C(C)C)c(OCCN2C(=O)S/C(=C\c3ccc(-c4cccc(C(=O)O)c4)o3)C2=O)c1. The second-order valence-electron chi connectivity index (χ2n) is 8.47. The molecule has 1 fully saturated rings. The average molecular weight is 492 g/mol.